The van der Waals surface area contributed by atoms with Crippen LogP contribution in [0.15, 0.2) is 48.5 Å². The predicted octanol–water partition coefficient (Wildman–Crippen LogP) is 3.07. The summed E-state index contributed by atoms with van der Waals surface area (Å²) >= 11 is 0. The lowest BCUT2D eigenvalue weighted by molar-refractivity contribution is -0.0326. The molecule has 1 saturated heterocycles. The van der Waals surface area contributed by atoms with Crippen molar-refractivity contribution >= 4 is 11.7 Å². The number of hydrogen-bond donors (Lipinski definition) is 1. The lowest BCUT2D eigenvalue weighted by atomic mass is 9.89. The molecule has 2 aromatic rings. The van der Waals surface area contributed by atoms with E-state index in [9.17, 15) is 4.79 Å². The van der Waals surface area contributed by atoms with Gasteiger partial charge in [0.25, 0.3) is 0 Å². The van der Waals surface area contributed by atoms with Crippen LogP contribution in [0.25, 0.3) is 0 Å². The highest BCUT2D eigenvalue weighted by Gasteiger charge is 2.52. The fourth-order valence-corrected chi connectivity index (χ4v) is 3.34. The molecule has 0 bridgehead atoms. The molecule has 2 heterocycles. The van der Waals surface area contributed by atoms with Crippen LogP contribution in [-0.2, 0) is 10.5 Å². The first-order valence-electron chi connectivity index (χ1n) is 7.12. The highest BCUT2D eigenvalue weighted by atomic mass is 16.5. The number of carbonyl (C=O) groups excluding carboxylic acids is 1. The molecule has 4 rings (SSSR count). The van der Waals surface area contributed by atoms with Crippen molar-refractivity contribution in [3.05, 3.63) is 65.2 Å². The topological polar surface area (TPSA) is 41.6 Å². The minimum Gasteiger partial charge on any atom is -0.345 e. The van der Waals surface area contributed by atoms with E-state index in [4.69, 9.17) is 4.74 Å². The predicted molar refractivity (Wildman–Crippen MR) is 80.1 cm³/mol. The third-order valence-corrected chi connectivity index (χ3v) is 4.29. The Morgan fingerprint density at radius 2 is 1.95 bits per heavy atom. The second-order valence-electron chi connectivity index (χ2n) is 5.44. The molecule has 1 unspecified atom stereocenters. The number of benzene rings is 2. The number of aryl methyl sites for hydroxylation is 1. The first-order chi connectivity index (χ1) is 10.2. The number of nitrogens with zero attached hydrogens (tertiary/aromatic N) is 1. The van der Waals surface area contributed by atoms with Crippen LogP contribution < -0.4 is 5.32 Å². The molecular weight excluding hydrogens is 264 g/mol. The normalized spacial score (nSPS) is 23.5. The summed E-state index contributed by atoms with van der Waals surface area (Å²) in [4.78, 5) is 14.3. The molecule has 21 heavy (non-hydrogen) atoms. The number of urea groups is 1. The number of amides is 2. The maximum absolute atomic E-state index is 12.5. The number of anilines is 1. The van der Waals surface area contributed by atoms with Gasteiger partial charge < -0.3 is 10.1 Å². The Balaban J connectivity index is 2.03. The van der Waals surface area contributed by atoms with Crippen molar-refractivity contribution in [3.63, 3.8) is 0 Å². The van der Waals surface area contributed by atoms with Gasteiger partial charge in [-0.05, 0) is 12.5 Å². The van der Waals surface area contributed by atoms with Crippen molar-refractivity contribution in [2.24, 2.45) is 0 Å². The van der Waals surface area contributed by atoms with E-state index in [2.05, 4.69) is 5.32 Å². The van der Waals surface area contributed by atoms with Crippen molar-refractivity contribution in [1.29, 1.82) is 0 Å². The molecule has 1 fully saturated rings. The molecule has 4 heteroatoms. The van der Waals surface area contributed by atoms with E-state index in [0.717, 1.165) is 22.4 Å². The second-order valence-corrected chi connectivity index (χ2v) is 5.44. The molecule has 2 aliphatic rings. The maximum atomic E-state index is 12.5. The van der Waals surface area contributed by atoms with Gasteiger partial charge in [-0.2, -0.15) is 0 Å². The minimum absolute atomic E-state index is 0.0989. The SMILES string of the molecule is Cc1cccc2c1NC(=O)N1CCOC21c1ccccc1. The van der Waals surface area contributed by atoms with Crippen molar-refractivity contribution in [2.45, 2.75) is 12.6 Å². The molecule has 2 aliphatic heterocycles. The van der Waals surface area contributed by atoms with E-state index < -0.39 is 5.72 Å². The molecule has 2 amide bonds. The summed E-state index contributed by atoms with van der Waals surface area (Å²) in [5, 5.41) is 3.00. The Morgan fingerprint density at radius 3 is 2.76 bits per heavy atom. The lowest BCUT2D eigenvalue weighted by Gasteiger charge is -2.42. The summed E-state index contributed by atoms with van der Waals surface area (Å²) in [5.41, 5.74) is 3.11. The Bertz CT molecular complexity index is 714. The third-order valence-electron chi connectivity index (χ3n) is 4.29. The van der Waals surface area contributed by atoms with Gasteiger partial charge in [0, 0.05) is 17.7 Å². The molecule has 106 valence electrons. The Kier molecular flexibility index (Phi) is 2.56. The summed E-state index contributed by atoms with van der Waals surface area (Å²) in [6.45, 7) is 3.13. The zero-order chi connectivity index (χ0) is 14.4. The number of rotatable bonds is 1. The highest BCUT2D eigenvalue weighted by Crippen LogP contribution is 2.47. The monoisotopic (exact) mass is 280 g/mol. The fraction of sp³-hybridized carbons (Fsp3) is 0.235. The fourth-order valence-electron chi connectivity index (χ4n) is 3.34. The van der Waals surface area contributed by atoms with Crippen molar-refractivity contribution in [1.82, 2.24) is 4.90 Å². The zero-order valence-electron chi connectivity index (χ0n) is 11.8. The maximum Gasteiger partial charge on any atom is 0.324 e. The molecule has 4 nitrogen and oxygen atoms in total. The van der Waals surface area contributed by atoms with Gasteiger partial charge in [-0.15, -0.1) is 0 Å². The lowest BCUT2D eigenvalue weighted by Crippen LogP contribution is -2.52. The van der Waals surface area contributed by atoms with Gasteiger partial charge in [0.05, 0.1) is 12.3 Å². The molecule has 0 spiro atoms. The third kappa shape index (κ3) is 1.56. The Hall–Kier alpha value is -2.33. The van der Waals surface area contributed by atoms with E-state index in [0.29, 0.717) is 13.2 Å². The van der Waals surface area contributed by atoms with Crippen LogP contribution in [0.4, 0.5) is 10.5 Å². The van der Waals surface area contributed by atoms with Crippen LogP contribution in [0, 0.1) is 6.92 Å². The number of nitrogens with one attached hydrogen (secondary N) is 1. The van der Waals surface area contributed by atoms with Crippen molar-refractivity contribution < 1.29 is 9.53 Å². The number of fused-ring (bicyclic) bond motifs is 3. The first kappa shape index (κ1) is 12.4. The van der Waals surface area contributed by atoms with E-state index >= 15 is 0 Å². The molecular formula is C17H16N2O2. The Labute approximate surface area is 123 Å². The molecule has 0 saturated carbocycles. The van der Waals surface area contributed by atoms with Gasteiger partial charge in [-0.3, -0.25) is 4.90 Å². The van der Waals surface area contributed by atoms with Crippen LogP contribution in [0.2, 0.25) is 0 Å². The van der Waals surface area contributed by atoms with Crippen LogP contribution in [0.1, 0.15) is 16.7 Å². The van der Waals surface area contributed by atoms with Crippen LogP contribution >= 0.6 is 0 Å². The van der Waals surface area contributed by atoms with Gasteiger partial charge in [-0.25, -0.2) is 4.79 Å². The van der Waals surface area contributed by atoms with E-state index in [1.54, 1.807) is 4.90 Å². The van der Waals surface area contributed by atoms with Crippen LogP contribution in [0.3, 0.4) is 0 Å². The van der Waals surface area contributed by atoms with Gasteiger partial charge in [0.1, 0.15) is 0 Å². The van der Waals surface area contributed by atoms with Gasteiger partial charge in [0.15, 0.2) is 5.72 Å². The van der Waals surface area contributed by atoms with Gasteiger partial charge in [-0.1, -0.05) is 48.5 Å². The first-order valence-corrected chi connectivity index (χ1v) is 7.12. The largest absolute Gasteiger partial charge is 0.345 e. The van der Waals surface area contributed by atoms with Crippen LogP contribution in [0.5, 0.6) is 0 Å². The minimum atomic E-state index is -0.801. The summed E-state index contributed by atoms with van der Waals surface area (Å²) in [6, 6.07) is 15.9. The molecule has 0 radical (unpaired) electrons. The smallest absolute Gasteiger partial charge is 0.324 e. The number of para-hydroxylation sites is 1. The Morgan fingerprint density at radius 1 is 1.14 bits per heavy atom. The molecule has 2 aromatic carbocycles. The summed E-state index contributed by atoms with van der Waals surface area (Å²) in [7, 11) is 0. The summed E-state index contributed by atoms with van der Waals surface area (Å²) < 4.78 is 6.15. The summed E-state index contributed by atoms with van der Waals surface area (Å²) in [6.07, 6.45) is 0. The number of ether oxygens (including phenoxy) is 1. The van der Waals surface area contributed by atoms with E-state index in [1.807, 2.05) is 55.5 Å². The van der Waals surface area contributed by atoms with Gasteiger partial charge >= 0.3 is 6.03 Å². The van der Waals surface area contributed by atoms with Crippen LogP contribution in [-0.4, -0.2) is 24.1 Å². The standard InChI is InChI=1S/C17H16N2O2/c1-12-6-5-9-14-15(12)18-16(20)19-10-11-21-17(14,19)13-7-3-2-4-8-13/h2-9H,10-11H2,1H3,(H,18,20). The zero-order valence-corrected chi connectivity index (χ0v) is 11.8. The van der Waals surface area contributed by atoms with Crippen molar-refractivity contribution in [2.75, 3.05) is 18.5 Å². The van der Waals surface area contributed by atoms with E-state index in [1.165, 1.54) is 0 Å². The van der Waals surface area contributed by atoms with Gasteiger partial charge in [0.2, 0.25) is 0 Å². The number of hydrogen-bond acceptors (Lipinski definition) is 2. The molecule has 0 aliphatic carbocycles. The highest BCUT2D eigenvalue weighted by molar-refractivity contribution is 5.95. The average Bonchev–Trinajstić information content (AvgIpc) is 2.96. The molecule has 1 atom stereocenters. The number of carbonyl (C=O) groups is 1. The molecule has 1 N–H and O–H groups in total. The quantitative estimate of drug-likeness (QED) is 0.872. The molecule has 0 aromatic heterocycles. The average molecular weight is 280 g/mol. The van der Waals surface area contributed by atoms with Crippen molar-refractivity contribution in [3.8, 4) is 0 Å². The second kappa shape index (κ2) is 4.33. The summed E-state index contributed by atoms with van der Waals surface area (Å²) in [5.74, 6) is 0. The van der Waals surface area contributed by atoms with E-state index in [-0.39, 0.29) is 6.03 Å².